The summed E-state index contributed by atoms with van der Waals surface area (Å²) in [6, 6.07) is 4.36. The molecule has 2 aromatic heterocycles. The lowest BCUT2D eigenvalue weighted by molar-refractivity contribution is 0.0915. The number of aromatic nitrogens is 3. The summed E-state index contributed by atoms with van der Waals surface area (Å²) >= 11 is 0. The van der Waals surface area contributed by atoms with Crippen molar-refractivity contribution in [2.45, 2.75) is 37.8 Å². The first-order valence-corrected chi connectivity index (χ1v) is 8.30. The molecule has 1 amide bonds. The lowest BCUT2D eigenvalue weighted by Crippen LogP contribution is -2.46. The first-order valence-electron chi connectivity index (χ1n) is 8.30. The minimum atomic E-state index is -0.00816. The van der Waals surface area contributed by atoms with Crippen LogP contribution in [0, 0.1) is 0 Å². The standard InChI is InChI=1S/C17H21N5O/c23-17(20-14-5-9-21-8-2-1-3-15(14)21)13-4-6-19-16(11-13)22-10-7-18-12-22/h4,6-7,10-12,14-15H,1-3,5,8-9H2,(H,20,23)/t14-,15+/m1/s1. The zero-order valence-electron chi connectivity index (χ0n) is 13.1. The smallest absolute Gasteiger partial charge is 0.251 e. The molecular weight excluding hydrogens is 290 g/mol. The highest BCUT2D eigenvalue weighted by atomic mass is 16.1. The van der Waals surface area contributed by atoms with E-state index in [1.54, 1.807) is 29.4 Å². The molecular formula is C17H21N5O. The van der Waals surface area contributed by atoms with E-state index >= 15 is 0 Å². The summed E-state index contributed by atoms with van der Waals surface area (Å²) < 4.78 is 1.80. The van der Waals surface area contributed by atoms with Crippen molar-refractivity contribution in [3.63, 3.8) is 0 Å². The number of hydrogen-bond donors (Lipinski definition) is 1. The van der Waals surface area contributed by atoms with Crippen molar-refractivity contribution in [2.75, 3.05) is 13.1 Å². The normalized spacial score (nSPS) is 24.3. The molecule has 0 spiro atoms. The summed E-state index contributed by atoms with van der Waals surface area (Å²) in [6.45, 7) is 2.28. The van der Waals surface area contributed by atoms with Gasteiger partial charge in [-0.15, -0.1) is 0 Å². The molecule has 6 heteroatoms. The van der Waals surface area contributed by atoms with E-state index < -0.39 is 0 Å². The number of nitrogens with one attached hydrogen (secondary N) is 1. The van der Waals surface area contributed by atoms with E-state index in [-0.39, 0.29) is 11.9 Å². The number of carbonyl (C=O) groups excluding carboxylic acids is 1. The van der Waals surface area contributed by atoms with E-state index in [2.05, 4.69) is 20.2 Å². The van der Waals surface area contributed by atoms with Crippen molar-refractivity contribution in [1.29, 1.82) is 0 Å². The fourth-order valence-electron chi connectivity index (χ4n) is 3.76. The topological polar surface area (TPSA) is 63.1 Å². The molecule has 0 unspecified atom stereocenters. The van der Waals surface area contributed by atoms with E-state index in [1.165, 1.54) is 25.8 Å². The van der Waals surface area contributed by atoms with Crippen molar-refractivity contribution >= 4 is 5.91 Å². The van der Waals surface area contributed by atoms with Gasteiger partial charge in [-0.3, -0.25) is 14.3 Å². The Morgan fingerprint density at radius 1 is 1.22 bits per heavy atom. The summed E-state index contributed by atoms with van der Waals surface area (Å²) in [7, 11) is 0. The van der Waals surface area contributed by atoms with E-state index in [9.17, 15) is 4.79 Å². The zero-order valence-corrected chi connectivity index (χ0v) is 13.1. The highest BCUT2D eigenvalue weighted by Crippen LogP contribution is 2.27. The number of nitrogens with zero attached hydrogens (tertiary/aromatic N) is 4. The molecule has 0 radical (unpaired) electrons. The van der Waals surface area contributed by atoms with Crippen LogP contribution in [0.1, 0.15) is 36.0 Å². The molecule has 2 saturated heterocycles. The Balaban J connectivity index is 1.48. The molecule has 1 N–H and O–H groups in total. The van der Waals surface area contributed by atoms with Gasteiger partial charge in [0.15, 0.2) is 0 Å². The number of piperidine rings is 1. The number of amides is 1. The minimum absolute atomic E-state index is 0.00816. The second-order valence-corrected chi connectivity index (χ2v) is 6.34. The van der Waals surface area contributed by atoms with Crippen LogP contribution in [-0.2, 0) is 0 Å². The number of pyridine rings is 1. The molecule has 120 valence electrons. The summed E-state index contributed by atoms with van der Waals surface area (Å²) in [6.07, 6.45) is 11.7. The monoisotopic (exact) mass is 311 g/mol. The van der Waals surface area contributed by atoms with Gasteiger partial charge in [0, 0.05) is 42.8 Å². The Labute approximate surface area is 135 Å². The molecule has 4 heterocycles. The predicted octanol–water partition coefficient (Wildman–Crippen LogP) is 1.62. The van der Waals surface area contributed by atoms with Crippen molar-refractivity contribution in [3.05, 3.63) is 42.6 Å². The molecule has 0 aromatic carbocycles. The zero-order chi connectivity index (χ0) is 15.6. The Hall–Kier alpha value is -2.21. The van der Waals surface area contributed by atoms with Gasteiger partial charge in [-0.1, -0.05) is 6.42 Å². The van der Waals surface area contributed by atoms with Crippen molar-refractivity contribution in [2.24, 2.45) is 0 Å². The highest BCUT2D eigenvalue weighted by molar-refractivity contribution is 5.94. The van der Waals surface area contributed by atoms with E-state index in [0.717, 1.165) is 13.0 Å². The van der Waals surface area contributed by atoms with Crippen LogP contribution in [0.3, 0.4) is 0 Å². The van der Waals surface area contributed by atoms with E-state index in [1.807, 2.05) is 12.3 Å². The van der Waals surface area contributed by atoms with Crippen LogP contribution in [0.15, 0.2) is 37.1 Å². The Morgan fingerprint density at radius 2 is 2.17 bits per heavy atom. The van der Waals surface area contributed by atoms with Crippen LogP contribution < -0.4 is 5.32 Å². The SMILES string of the molecule is O=C(N[C@@H]1CCN2CCCC[C@@H]12)c1ccnc(-n2ccnc2)c1. The molecule has 6 nitrogen and oxygen atoms in total. The third-order valence-corrected chi connectivity index (χ3v) is 4.95. The number of hydrogen-bond acceptors (Lipinski definition) is 4. The van der Waals surface area contributed by atoms with Gasteiger partial charge >= 0.3 is 0 Å². The average molecular weight is 311 g/mol. The third-order valence-electron chi connectivity index (χ3n) is 4.95. The van der Waals surface area contributed by atoms with Gasteiger partial charge in [0.05, 0.1) is 0 Å². The molecule has 2 fully saturated rings. The van der Waals surface area contributed by atoms with Gasteiger partial charge < -0.3 is 5.32 Å². The van der Waals surface area contributed by atoms with Gasteiger partial charge in [0.25, 0.3) is 5.91 Å². The first-order chi connectivity index (χ1) is 11.3. The molecule has 2 aromatic rings. The van der Waals surface area contributed by atoms with Gasteiger partial charge in [-0.2, -0.15) is 0 Å². The van der Waals surface area contributed by atoms with Crippen molar-refractivity contribution in [3.8, 4) is 5.82 Å². The maximum absolute atomic E-state index is 12.6. The van der Waals surface area contributed by atoms with E-state index in [0.29, 0.717) is 17.4 Å². The number of rotatable bonds is 3. The predicted molar refractivity (Wildman–Crippen MR) is 86.4 cm³/mol. The second kappa shape index (κ2) is 6.12. The quantitative estimate of drug-likeness (QED) is 0.936. The molecule has 4 rings (SSSR count). The Bertz CT molecular complexity index is 684. The molecule has 0 saturated carbocycles. The number of carbonyl (C=O) groups is 1. The van der Waals surface area contributed by atoms with Crippen LogP contribution in [0.4, 0.5) is 0 Å². The summed E-state index contributed by atoms with van der Waals surface area (Å²) in [5.74, 6) is 0.701. The van der Waals surface area contributed by atoms with Crippen LogP contribution >= 0.6 is 0 Å². The lowest BCUT2D eigenvalue weighted by Gasteiger charge is -2.32. The molecule has 2 atom stereocenters. The van der Waals surface area contributed by atoms with Crippen molar-refractivity contribution < 1.29 is 4.79 Å². The number of fused-ring (bicyclic) bond motifs is 1. The van der Waals surface area contributed by atoms with Gasteiger partial charge in [0.1, 0.15) is 12.1 Å². The Morgan fingerprint density at radius 3 is 3.04 bits per heavy atom. The maximum Gasteiger partial charge on any atom is 0.251 e. The van der Waals surface area contributed by atoms with Crippen LogP contribution in [0.5, 0.6) is 0 Å². The summed E-state index contributed by atoms with van der Waals surface area (Å²) in [5.41, 5.74) is 0.651. The third kappa shape index (κ3) is 2.86. The molecule has 0 aliphatic carbocycles. The summed E-state index contributed by atoms with van der Waals surface area (Å²) in [4.78, 5) is 23.5. The van der Waals surface area contributed by atoms with Crippen LogP contribution in [0.25, 0.3) is 5.82 Å². The average Bonchev–Trinajstić information content (AvgIpc) is 3.25. The summed E-state index contributed by atoms with van der Waals surface area (Å²) in [5, 5.41) is 3.23. The van der Waals surface area contributed by atoms with Crippen molar-refractivity contribution in [1.82, 2.24) is 24.8 Å². The fourth-order valence-corrected chi connectivity index (χ4v) is 3.76. The van der Waals surface area contributed by atoms with Crippen LogP contribution in [-0.4, -0.2) is 50.5 Å². The van der Waals surface area contributed by atoms with E-state index in [4.69, 9.17) is 0 Å². The molecule has 23 heavy (non-hydrogen) atoms. The second-order valence-electron chi connectivity index (χ2n) is 6.34. The minimum Gasteiger partial charge on any atom is -0.348 e. The van der Waals surface area contributed by atoms with Gasteiger partial charge in [-0.05, 0) is 37.9 Å². The molecule has 0 bridgehead atoms. The van der Waals surface area contributed by atoms with Gasteiger partial charge in [-0.25, -0.2) is 9.97 Å². The maximum atomic E-state index is 12.6. The molecule has 2 aliphatic heterocycles. The lowest BCUT2D eigenvalue weighted by atomic mass is 9.99. The molecule has 2 aliphatic rings. The fraction of sp³-hybridized carbons (Fsp3) is 0.471. The largest absolute Gasteiger partial charge is 0.348 e. The van der Waals surface area contributed by atoms with Crippen LogP contribution in [0.2, 0.25) is 0 Å². The van der Waals surface area contributed by atoms with Gasteiger partial charge in [0.2, 0.25) is 0 Å². The Kier molecular flexibility index (Phi) is 3.83. The number of imidazole rings is 1. The first kappa shape index (κ1) is 14.4. The highest BCUT2D eigenvalue weighted by Gasteiger charge is 2.36.